The Hall–Kier alpha value is -2.57. The van der Waals surface area contributed by atoms with Gasteiger partial charge in [-0.15, -0.1) is 5.92 Å². The fourth-order valence-corrected chi connectivity index (χ4v) is 8.64. The van der Waals surface area contributed by atoms with Crippen LogP contribution in [0.15, 0.2) is 41.0 Å². The average molecular weight is 483 g/mol. The molecule has 3 nitrogen and oxygen atoms in total. The minimum absolute atomic E-state index is 0.0663. The molecule has 0 spiro atoms. The quantitative estimate of drug-likeness (QED) is 0.613. The molecule has 5 aliphatic rings. The van der Waals surface area contributed by atoms with Gasteiger partial charge < -0.3 is 9.84 Å². The Morgan fingerprint density at radius 3 is 2.72 bits per heavy atom. The molecule has 1 aromatic carbocycles. The van der Waals surface area contributed by atoms with Crippen LogP contribution in [-0.4, -0.2) is 23.6 Å². The van der Waals surface area contributed by atoms with E-state index in [0.717, 1.165) is 50.7 Å². The summed E-state index contributed by atoms with van der Waals surface area (Å²) in [4.78, 5) is 12.3. The minimum Gasteiger partial charge on any atom is -0.497 e. The zero-order chi connectivity index (χ0) is 25.3. The summed E-state index contributed by atoms with van der Waals surface area (Å²) in [5.41, 5.74) is 3.15. The van der Waals surface area contributed by atoms with Crippen LogP contribution in [0.1, 0.15) is 72.1 Å². The number of fused-ring (bicyclic) bond motifs is 5. The summed E-state index contributed by atoms with van der Waals surface area (Å²) >= 11 is 0. The van der Waals surface area contributed by atoms with Gasteiger partial charge in [-0.3, -0.25) is 4.79 Å². The molecule has 3 heteroatoms. The first-order valence-corrected chi connectivity index (χ1v) is 13.7. The summed E-state index contributed by atoms with van der Waals surface area (Å²) in [6.45, 7) is 6.60. The number of allylic oxidation sites excluding steroid dienone is 4. The first-order chi connectivity index (χ1) is 17.2. The Balaban J connectivity index is 1.54. The molecular formula is C33H38O3. The van der Waals surface area contributed by atoms with E-state index in [2.05, 4.69) is 56.0 Å². The summed E-state index contributed by atoms with van der Waals surface area (Å²) < 4.78 is 5.48. The summed E-state index contributed by atoms with van der Waals surface area (Å²) in [7, 11) is 1.72. The Morgan fingerprint density at radius 2 is 1.94 bits per heavy atom. The fraction of sp³-hybridized carbons (Fsp3) is 0.545. The molecule has 0 heterocycles. The molecule has 1 unspecified atom stereocenters. The molecule has 36 heavy (non-hydrogen) atoms. The molecule has 0 aliphatic heterocycles. The molecule has 0 radical (unpaired) electrons. The Kier molecular flexibility index (Phi) is 5.44. The lowest BCUT2D eigenvalue weighted by molar-refractivity contribution is -0.114. The maximum Gasteiger partial charge on any atom is 0.156 e. The number of aliphatic hydroxyl groups is 1. The van der Waals surface area contributed by atoms with Crippen molar-refractivity contribution in [3.63, 3.8) is 0 Å². The molecule has 6 atom stereocenters. The van der Waals surface area contributed by atoms with E-state index in [9.17, 15) is 9.90 Å². The van der Waals surface area contributed by atoms with Gasteiger partial charge in [-0.05, 0) is 115 Å². The number of carbonyl (C=O) groups is 1. The van der Waals surface area contributed by atoms with Crippen LogP contribution >= 0.6 is 0 Å². The maximum atomic E-state index is 12.3. The molecule has 188 valence electrons. The van der Waals surface area contributed by atoms with E-state index in [-0.39, 0.29) is 16.6 Å². The van der Waals surface area contributed by atoms with Crippen molar-refractivity contribution >= 4 is 17.9 Å². The maximum absolute atomic E-state index is 12.3. The largest absolute Gasteiger partial charge is 0.497 e. The van der Waals surface area contributed by atoms with Crippen molar-refractivity contribution in [2.24, 2.45) is 28.6 Å². The third-order valence-electron chi connectivity index (χ3n) is 10.6. The number of benzene rings is 1. The van der Waals surface area contributed by atoms with Crippen LogP contribution in [-0.2, 0) is 4.79 Å². The van der Waals surface area contributed by atoms with Crippen LogP contribution in [0.3, 0.4) is 0 Å². The van der Waals surface area contributed by atoms with E-state index in [0.29, 0.717) is 24.2 Å². The molecule has 2 fully saturated rings. The van der Waals surface area contributed by atoms with Gasteiger partial charge in [0, 0.05) is 11.8 Å². The topological polar surface area (TPSA) is 46.5 Å². The van der Waals surface area contributed by atoms with Crippen LogP contribution in [0.25, 0.3) is 12.2 Å². The van der Waals surface area contributed by atoms with E-state index in [1.807, 2.05) is 13.0 Å². The molecule has 5 aliphatic carbocycles. The molecule has 1 aromatic rings. The predicted molar refractivity (Wildman–Crippen MR) is 143 cm³/mol. The molecule has 0 bridgehead atoms. The number of rotatable bonds is 2. The van der Waals surface area contributed by atoms with E-state index in [1.54, 1.807) is 12.7 Å². The summed E-state index contributed by atoms with van der Waals surface area (Å²) in [5.74, 6) is 8.74. The van der Waals surface area contributed by atoms with Gasteiger partial charge in [-0.2, -0.15) is 0 Å². The van der Waals surface area contributed by atoms with Gasteiger partial charge >= 0.3 is 0 Å². The van der Waals surface area contributed by atoms with Crippen LogP contribution in [0.2, 0.25) is 0 Å². The fourth-order valence-electron chi connectivity index (χ4n) is 8.64. The van der Waals surface area contributed by atoms with Crippen molar-refractivity contribution in [2.75, 3.05) is 7.11 Å². The van der Waals surface area contributed by atoms with Crippen LogP contribution in [0.5, 0.6) is 5.75 Å². The zero-order valence-corrected chi connectivity index (χ0v) is 22.1. The van der Waals surface area contributed by atoms with Crippen molar-refractivity contribution in [3.8, 4) is 17.6 Å². The van der Waals surface area contributed by atoms with Crippen molar-refractivity contribution < 1.29 is 14.6 Å². The molecular weight excluding hydrogens is 444 g/mol. The van der Waals surface area contributed by atoms with Crippen LogP contribution < -0.4 is 15.2 Å². The molecule has 0 saturated heterocycles. The number of methoxy groups -OCH3 is 1. The first kappa shape index (κ1) is 23.8. The van der Waals surface area contributed by atoms with Gasteiger partial charge in [0.2, 0.25) is 0 Å². The summed E-state index contributed by atoms with van der Waals surface area (Å²) in [6, 6.07) is 6.37. The second-order valence-electron chi connectivity index (χ2n) is 12.3. The predicted octanol–water partition coefficient (Wildman–Crippen LogP) is 4.85. The Morgan fingerprint density at radius 1 is 1.11 bits per heavy atom. The smallest absolute Gasteiger partial charge is 0.156 e. The zero-order valence-electron chi connectivity index (χ0n) is 22.1. The average Bonchev–Trinajstić information content (AvgIpc) is 3.13. The normalized spacial score (nSPS) is 38.8. The highest BCUT2D eigenvalue weighted by Crippen LogP contribution is 2.67. The highest BCUT2D eigenvalue weighted by molar-refractivity contribution is 5.93. The minimum atomic E-state index is -0.931. The molecule has 0 amide bonds. The number of ketones is 1. The Bertz CT molecular complexity index is 1380. The van der Waals surface area contributed by atoms with Gasteiger partial charge in [0.15, 0.2) is 5.78 Å². The number of carbonyl (C=O) groups excluding carboxylic acids is 1. The van der Waals surface area contributed by atoms with E-state index < -0.39 is 5.60 Å². The summed E-state index contributed by atoms with van der Waals surface area (Å²) in [5, 5.41) is 14.4. The monoisotopic (exact) mass is 482 g/mol. The molecule has 0 aromatic heterocycles. The van der Waals surface area contributed by atoms with Gasteiger partial charge in [-0.25, -0.2) is 0 Å². The van der Waals surface area contributed by atoms with Crippen molar-refractivity contribution in [2.45, 2.75) is 77.7 Å². The van der Waals surface area contributed by atoms with Gasteiger partial charge in [-0.1, -0.05) is 43.6 Å². The molecule has 1 N–H and O–H groups in total. The van der Waals surface area contributed by atoms with E-state index in [1.165, 1.54) is 21.6 Å². The SMILES string of the molecule is CC#C[C@]1(O)CC[C@H]2[C@@H]3CCC4=CC(=O)CCC4=C3[C@@H](C3(C)C=c4ccc(OC)cc4=CC3)C[C@@]21C. The van der Waals surface area contributed by atoms with Crippen molar-refractivity contribution in [1.29, 1.82) is 0 Å². The second kappa shape index (κ2) is 8.22. The van der Waals surface area contributed by atoms with Gasteiger partial charge in [0.05, 0.1) is 7.11 Å². The second-order valence-corrected chi connectivity index (χ2v) is 12.3. The number of hydrogen-bond donors (Lipinski definition) is 1. The standard InChI is InChI=1S/C33H38O3/c1-5-14-33(35)16-13-28-27-10-7-22-17-24(34)8-11-26(22)30(27)29(20-32(28,33)3)31(2)15-12-21-18-25(36-4)9-6-23(21)19-31/h6,9,12,17-19,27-29,35H,7-8,10-11,13,15-16,20H2,1-4H3/t27-,28-,29-,31?,32-,33-/m0/s1. The lowest BCUT2D eigenvalue weighted by atomic mass is 9.47. The van der Waals surface area contributed by atoms with Crippen LogP contribution in [0, 0.1) is 40.4 Å². The third kappa shape index (κ3) is 3.33. The molecule has 6 rings (SSSR count). The highest BCUT2D eigenvalue weighted by Gasteiger charge is 2.64. The third-order valence-corrected chi connectivity index (χ3v) is 10.6. The highest BCUT2D eigenvalue weighted by atomic mass is 16.5. The Labute approximate surface area is 215 Å². The first-order valence-electron chi connectivity index (χ1n) is 13.7. The van der Waals surface area contributed by atoms with Crippen LogP contribution in [0.4, 0.5) is 0 Å². The van der Waals surface area contributed by atoms with Gasteiger partial charge in [0.25, 0.3) is 0 Å². The van der Waals surface area contributed by atoms with E-state index in [4.69, 9.17) is 4.74 Å². The van der Waals surface area contributed by atoms with Crippen molar-refractivity contribution in [3.05, 3.63) is 51.4 Å². The van der Waals surface area contributed by atoms with Gasteiger partial charge in [0.1, 0.15) is 11.4 Å². The number of hydrogen-bond acceptors (Lipinski definition) is 3. The summed E-state index contributed by atoms with van der Waals surface area (Å²) in [6.07, 6.45) is 14.1. The van der Waals surface area contributed by atoms with E-state index >= 15 is 0 Å². The number of ether oxygens (including phenoxy) is 1. The lowest BCUT2D eigenvalue weighted by Gasteiger charge is -2.57. The lowest BCUT2D eigenvalue weighted by Crippen LogP contribution is -2.54. The molecule has 2 saturated carbocycles. The van der Waals surface area contributed by atoms with Crippen molar-refractivity contribution in [1.82, 2.24) is 0 Å².